The molecule has 3 heterocycles. The highest BCUT2D eigenvalue weighted by molar-refractivity contribution is 7.92. The van der Waals surface area contributed by atoms with Crippen LogP contribution >= 0.6 is 11.3 Å². The van der Waals surface area contributed by atoms with Crippen molar-refractivity contribution >= 4 is 43.2 Å². The molecule has 0 amide bonds. The summed E-state index contributed by atoms with van der Waals surface area (Å²) < 4.78 is 25.7. The molecule has 0 spiro atoms. The Hall–Kier alpha value is -2.41. The van der Waals surface area contributed by atoms with Crippen molar-refractivity contribution in [1.29, 1.82) is 0 Å². The minimum absolute atomic E-state index is 0.0296. The monoisotopic (exact) mass is 586 g/mol. The van der Waals surface area contributed by atoms with Crippen LogP contribution in [0.1, 0.15) is 76.6 Å². The van der Waals surface area contributed by atoms with E-state index in [1.165, 1.54) is 6.42 Å². The van der Waals surface area contributed by atoms with E-state index >= 15 is 0 Å². The second-order valence-corrected chi connectivity index (χ2v) is 15.9. The Balaban J connectivity index is 1.38. The summed E-state index contributed by atoms with van der Waals surface area (Å²) >= 11 is 1.56. The highest BCUT2D eigenvalue weighted by atomic mass is 32.2. The van der Waals surface area contributed by atoms with E-state index in [1.807, 2.05) is 19.2 Å². The number of hydrogen-bond donors (Lipinski definition) is 4. The van der Waals surface area contributed by atoms with Crippen LogP contribution in [0, 0.1) is 12.8 Å². The molecule has 3 aromatic heterocycles. The van der Waals surface area contributed by atoms with Gasteiger partial charge in [-0.15, -0.1) is 11.3 Å². The van der Waals surface area contributed by atoms with Crippen LogP contribution in [0.3, 0.4) is 0 Å². The van der Waals surface area contributed by atoms with Crippen LogP contribution < -0.4 is 10.6 Å². The number of aryl methyl sites for hydroxylation is 1. The Bertz CT molecular complexity index is 1530. The number of aromatic nitrogens is 4. The normalized spacial score (nSPS) is 25.8. The molecule has 4 N–H and O–H groups in total. The molecule has 10 nitrogen and oxygen atoms in total. The third-order valence-corrected chi connectivity index (χ3v) is 12.8. The van der Waals surface area contributed by atoms with E-state index in [0.717, 1.165) is 57.9 Å². The average molecular weight is 587 g/mol. The van der Waals surface area contributed by atoms with Gasteiger partial charge < -0.3 is 20.8 Å². The van der Waals surface area contributed by atoms with Crippen molar-refractivity contribution in [3.05, 3.63) is 23.7 Å². The Morgan fingerprint density at radius 3 is 2.48 bits per heavy atom. The van der Waals surface area contributed by atoms with Crippen molar-refractivity contribution in [3.8, 4) is 10.6 Å². The first-order valence-corrected chi connectivity index (χ1v) is 16.7. The maximum absolute atomic E-state index is 12.9. The average Bonchev–Trinajstić information content (AvgIpc) is 3.58. The van der Waals surface area contributed by atoms with Gasteiger partial charge in [0, 0.05) is 29.8 Å². The number of aliphatic hydroxyl groups is 2. The van der Waals surface area contributed by atoms with Gasteiger partial charge in [0.2, 0.25) is 5.95 Å². The smallest absolute Gasteiger partial charge is 0.225 e. The molecule has 1 unspecified atom stereocenters. The Kier molecular flexibility index (Phi) is 7.04. The molecule has 0 saturated heterocycles. The summed E-state index contributed by atoms with van der Waals surface area (Å²) in [4.78, 5) is 19.3. The number of rotatable bonds is 9. The van der Waals surface area contributed by atoms with Gasteiger partial charge in [-0.05, 0) is 65.4 Å². The Morgan fingerprint density at radius 1 is 1.07 bits per heavy atom. The highest BCUT2D eigenvalue weighted by Crippen LogP contribution is 2.45. The first-order chi connectivity index (χ1) is 19.0. The predicted octanol–water partition coefficient (Wildman–Crippen LogP) is 4.03. The number of pyridine rings is 1. The van der Waals surface area contributed by atoms with Crippen molar-refractivity contribution in [2.24, 2.45) is 5.92 Å². The molecule has 6 rings (SSSR count). The molecular weight excluding hydrogens is 548 g/mol. The van der Waals surface area contributed by atoms with Crippen molar-refractivity contribution < 1.29 is 18.6 Å². The van der Waals surface area contributed by atoms with E-state index in [-0.39, 0.29) is 12.2 Å². The first-order valence-electron chi connectivity index (χ1n) is 14.3. The van der Waals surface area contributed by atoms with E-state index in [1.54, 1.807) is 32.1 Å². The van der Waals surface area contributed by atoms with E-state index in [0.29, 0.717) is 23.7 Å². The van der Waals surface area contributed by atoms with Gasteiger partial charge in [0.1, 0.15) is 22.4 Å². The summed E-state index contributed by atoms with van der Waals surface area (Å²) in [5, 5.41) is 29.7. The minimum Gasteiger partial charge on any atom is -0.390 e. The molecule has 12 heteroatoms. The van der Waals surface area contributed by atoms with Crippen molar-refractivity contribution in [3.63, 3.8) is 0 Å². The molecule has 4 atom stereocenters. The molecule has 0 bridgehead atoms. The molecule has 40 heavy (non-hydrogen) atoms. The quantitative estimate of drug-likeness (QED) is 0.289. The molecule has 3 saturated carbocycles. The molecule has 3 aliphatic rings. The Labute approximate surface area is 239 Å². The summed E-state index contributed by atoms with van der Waals surface area (Å²) in [7, 11) is -3.48. The van der Waals surface area contributed by atoms with Crippen LogP contribution in [0.25, 0.3) is 20.8 Å². The van der Waals surface area contributed by atoms with E-state index in [2.05, 4.69) is 15.6 Å². The summed E-state index contributed by atoms with van der Waals surface area (Å²) in [6.45, 7) is 6.82. The summed E-state index contributed by atoms with van der Waals surface area (Å²) in [6.07, 6.45) is 5.33. The largest absolute Gasteiger partial charge is 0.390 e. The van der Waals surface area contributed by atoms with Gasteiger partial charge in [-0.2, -0.15) is 4.98 Å². The molecule has 3 fully saturated rings. The molecule has 0 radical (unpaired) electrons. The fourth-order valence-electron chi connectivity index (χ4n) is 6.02. The van der Waals surface area contributed by atoms with Crippen LogP contribution in [0.4, 0.5) is 11.8 Å². The molecule has 216 valence electrons. The maximum atomic E-state index is 12.9. The molecule has 0 aromatic carbocycles. The lowest BCUT2D eigenvalue weighted by atomic mass is 9.91. The van der Waals surface area contributed by atoms with Crippen LogP contribution in [-0.2, 0) is 9.84 Å². The first kappa shape index (κ1) is 27.7. The van der Waals surface area contributed by atoms with Gasteiger partial charge in [0.05, 0.1) is 38.5 Å². The second kappa shape index (κ2) is 10.1. The van der Waals surface area contributed by atoms with Crippen LogP contribution in [0.15, 0.2) is 12.3 Å². The second-order valence-electron chi connectivity index (χ2n) is 12.0. The predicted molar refractivity (Wildman–Crippen MR) is 157 cm³/mol. The standard InChI is InChI=1S/C28H38N6O4S2/c1-5-40(37,38)28(3,4)17-13-18(24(36)23(17)35)32-25-20(14(2)30-27(34-25)31-16-7-6-8-16)26-33-22-19(39-26)11-12-29-21(22)15-9-10-15/h11-12,15-18,23-24,35-36H,5-10,13H2,1-4H3,(H2,30,31,32,34)/t17-,18?,23+,24-/m0/s1. The minimum atomic E-state index is -3.48. The van der Waals surface area contributed by atoms with Gasteiger partial charge in [-0.1, -0.05) is 6.92 Å². The number of anilines is 2. The van der Waals surface area contributed by atoms with E-state index in [9.17, 15) is 18.6 Å². The SMILES string of the molecule is CCS(=O)(=O)C(C)(C)[C@H]1CC(Nc2nc(NC3CCC3)nc(C)c2-c2nc3c(C4CC4)nccc3s2)[C@H](O)[C@@H]1O. The number of aliphatic hydroxyl groups excluding tert-OH is 2. The highest BCUT2D eigenvalue weighted by Gasteiger charge is 2.53. The van der Waals surface area contributed by atoms with E-state index < -0.39 is 38.8 Å². The lowest BCUT2D eigenvalue weighted by Crippen LogP contribution is -2.46. The topological polar surface area (TPSA) is 150 Å². The zero-order chi connectivity index (χ0) is 28.4. The van der Waals surface area contributed by atoms with Gasteiger partial charge in [-0.25, -0.2) is 18.4 Å². The number of nitrogens with one attached hydrogen (secondary N) is 2. The van der Waals surface area contributed by atoms with Gasteiger partial charge >= 0.3 is 0 Å². The molecule has 0 aliphatic heterocycles. The van der Waals surface area contributed by atoms with Gasteiger partial charge in [0.15, 0.2) is 9.84 Å². The zero-order valence-electron chi connectivity index (χ0n) is 23.4. The van der Waals surface area contributed by atoms with Crippen LogP contribution in [0.2, 0.25) is 0 Å². The summed E-state index contributed by atoms with van der Waals surface area (Å²) in [5.74, 6) is 0.810. The fourth-order valence-corrected chi connectivity index (χ4v) is 8.52. The lowest BCUT2D eigenvalue weighted by molar-refractivity contribution is 0.0105. The Morgan fingerprint density at radius 2 is 1.82 bits per heavy atom. The van der Waals surface area contributed by atoms with Gasteiger partial charge in [0.25, 0.3) is 0 Å². The number of thiazole rings is 1. The maximum Gasteiger partial charge on any atom is 0.225 e. The summed E-state index contributed by atoms with van der Waals surface area (Å²) in [6, 6.07) is 1.71. The van der Waals surface area contributed by atoms with Crippen molar-refractivity contribution in [1.82, 2.24) is 19.9 Å². The molecule has 3 aromatic rings. The number of nitrogens with zero attached hydrogens (tertiary/aromatic N) is 4. The lowest BCUT2D eigenvalue weighted by Gasteiger charge is -2.33. The van der Waals surface area contributed by atoms with Crippen molar-refractivity contribution in [2.75, 3.05) is 16.4 Å². The van der Waals surface area contributed by atoms with Gasteiger partial charge in [-0.3, -0.25) is 4.98 Å². The number of hydrogen-bond acceptors (Lipinski definition) is 11. The summed E-state index contributed by atoms with van der Waals surface area (Å²) in [5.41, 5.74) is 3.44. The molecule has 3 aliphatic carbocycles. The van der Waals surface area contributed by atoms with Crippen LogP contribution in [-0.4, -0.2) is 73.4 Å². The third-order valence-electron chi connectivity index (χ3n) is 9.12. The number of fused-ring (bicyclic) bond motifs is 1. The van der Waals surface area contributed by atoms with Crippen LogP contribution in [0.5, 0.6) is 0 Å². The zero-order valence-corrected chi connectivity index (χ0v) is 25.0. The number of sulfone groups is 1. The van der Waals surface area contributed by atoms with E-state index in [4.69, 9.17) is 15.0 Å². The van der Waals surface area contributed by atoms with Crippen molar-refractivity contribution in [2.45, 2.75) is 101 Å². The fraction of sp³-hybridized carbons (Fsp3) is 0.643. The molecular formula is C28H38N6O4S2. The third kappa shape index (κ3) is 4.76.